The van der Waals surface area contributed by atoms with Gasteiger partial charge in [-0.3, -0.25) is 5.32 Å². The van der Waals surface area contributed by atoms with Gasteiger partial charge in [-0.1, -0.05) is 48.6 Å². The van der Waals surface area contributed by atoms with Gasteiger partial charge in [-0.15, -0.1) is 0 Å². The summed E-state index contributed by atoms with van der Waals surface area (Å²) in [5.74, 6) is 0. The summed E-state index contributed by atoms with van der Waals surface area (Å²) in [6.45, 7) is 0. The fourth-order valence-corrected chi connectivity index (χ4v) is 3.53. The first-order valence-corrected chi connectivity index (χ1v) is 8.66. The second kappa shape index (κ2) is 6.93. The van der Waals surface area contributed by atoms with Gasteiger partial charge >= 0.3 is 0 Å². The van der Waals surface area contributed by atoms with Gasteiger partial charge in [-0.25, -0.2) is 0 Å². The molecule has 3 nitrogen and oxygen atoms in total. The van der Waals surface area contributed by atoms with Crippen LogP contribution in [0, 0.1) is 0 Å². The van der Waals surface area contributed by atoms with E-state index in [0.717, 1.165) is 19.3 Å². The third-order valence-electron chi connectivity index (χ3n) is 4.74. The summed E-state index contributed by atoms with van der Waals surface area (Å²) in [5, 5.41) is 10.9. The Bertz CT molecular complexity index is 738. The molecule has 0 aromatic heterocycles. The zero-order valence-electron chi connectivity index (χ0n) is 13.7. The molecule has 2 aliphatic heterocycles. The van der Waals surface area contributed by atoms with Gasteiger partial charge in [0.05, 0.1) is 0 Å². The monoisotopic (exact) mass is 317 g/mol. The molecule has 4 rings (SSSR count). The number of allylic oxidation sites excluding steroid dienone is 6. The highest BCUT2D eigenvalue weighted by Crippen LogP contribution is 2.30. The molecule has 2 atom stereocenters. The van der Waals surface area contributed by atoms with E-state index in [-0.39, 0.29) is 6.17 Å². The highest BCUT2D eigenvalue weighted by Gasteiger charge is 2.29. The van der Waals surface area contributed by atoms with Crippen molar-refractivity contribution in [2.75, 3.05) is 0 Å². The van der Waals surface area contributed by atoms with Crippen LogP contribution in [-0.4, -0.2) is 6.04 Å². The molecule has 0 spiro atoms. The Balaban J connectivity index is 1.60. The van der Waals surface area contributed by atoms with Crippen molar-refractivity contribution in [1.82, 2.24) is 16.0 Å². The summed E-state index contributed by atoms with van der Waals surface area (Å²) in [5.41, 5.74) is 5.30. The van der Waals surface area contributed by atoms with Crippen LogP contribution >= 0.6 is 0 Å². The van der Waals surface area contributed by atoms with Gasteiger partial charge < -0.3 is 10.6 Å². The Labute approximate surface area is 143 Å². The van der Waals surface area contributed by atoms with Crippen LogP contribution in [0.4, 0.5) is 0 Å². The molecule has 1 aromatic rings. The van der Waals surface area contributed by atoms with Crippen molar-refractivity contribution < 1.29 is 0 Å². The first kappa shape index (κ1) is 15.0. The predicted octanol–water partition coefficient (Wildman–Crippen LogP) is 3.80. The van der Waals surface area contributed by atoms with Crippen molar-refractivity contribution in [3.8, 4) is 0 Å². The minimum Gasteiger partial charge on any atom is -0.366 e. The third-order valence-corrected chi connectivity index (χ3v) is 4.74. The van der Waals surface area contributed by atoms with E-state index in [1.807, 2.05) is 12.3 Å². The molecule has 122 valence electrons. The van der Waals surface area contributed by atoms with Crippen molar-refractivity contribution in [2.45, 2.75) is 31.5 Å². The smallest absolute Gasteiger partial charge is 0.104 e. The molecule has 3 aliphatic rings. The largest absolute Gasteiger partial charge is 0.366 e. The van der Waals surface area contributed by atoms with Crippen LogP contribution < -0.4 is 16.0 Å². The van der Waals surface area contributed by atoms with Gasteiger partial charge in [0, 0.05) is 30.1 Å². The fraction of sp³-hybridized carbons (Fsp3) is 0.238. The van der Waals surface area contributed by atoms with Gasteiger partial charge in [0.2, 0.25) is 0 Å². The molecule has 0 saturated heterocycles. The Hall–Kier alpha value is -2.52. The average Bonchev–Trinajstić information content (AvgIpc) is 2.91. The van der Waals surface area contributed by atoms with E-state index < -0.39 is 0 Å². The summed E-state index contributed by atoms with van der Waals surface area (Å²) >= 11 is 0. The summed E-state index contributed by atoms with van der Waals surface area (Å²) in [7, 11) is 0. The maximum atomic E-state index is 3.80. The Morgan fingerprint density at radius 2 is 1.96 bits per heavy atom. The van der Waals surface area contributed by atoms with Crippen molar-refractivity contribution >= 4 is 0 Å². The second-order valence-electron chi connectivity index (χ2n) is 6.37. The molecular weight excluding hydrogens is 294 g/mol. The highest BCUT2D eigenvalue weighted by molar-refractivity contribution is 5.37. The zero-order chi connectivity index (χ0) is 16.2. The maximum Gasteiger partial charge on any atom is 0.104 e. The molecule has 0 fully saturated rings. The molecule has 0 bridgehead atoms. The Kier molecular flexibility index (Phi) is 4.34. The van der Waals surface area contributed by atoms with Crippen LogP contribution in [0.2, 0.25) is 0 Å². The average molecular weight is 317 g/mol. The summed E-state index contributed by atoms with van der Waals surface area (Å²) in [6.07, 6.45) is 18.2. The van der Waals surface area contributed by atoms with Crippen LogP contribution in [0.25, 0.3) is 0 Å². The first-order valence-electron chi connectivity index (χ1n) is 8.66. The van der Waals surface area contributed by atoms with Gasteiger partial charge in [0.25, 0.3) is 0 Å². The van der Waals surface area contributed by atoms with E-state index in [2.05, 4.69) is 76.7 Å². The van der Waals surface area contributed by atoms with Gasteiger partial charge in [0.1, 0.15) is 6.17 Å². The Morgan fingerprint density at radius 3 is 2.88 bits per heavy atom. The summed E-state index contributed by atoms with van der Waals surface area (Å²) in [4.78, 5) is 0. The zero-order valence-corrected chi connectivity index (χ0v) is 13.7. The number of hydrogen-bond acceptors (Lipinski definition) is 3. The quantitative estimate of drug-likeness (QED) is 0.793. The normalized spacial score (nSPS) is 25.4. The Morgan fingerprint density at radius 1 is 1.04 bits per heavy atom. The van der Waals surface area contributed by atoms with Crippen molar-refractivity contribution in [3.63, 3.8) is 0 Å². The standard InChI is InChI=1S/C21H23N3/c1-3-9-16(10-4-1)21-23-19-13-7-6-12-18(19)20(24-21)15-17-11-5-2-8-14-22-17/h1-5,7-11,13-14,20-24H,6,12,15H2. The second-order valence-corrected chi connectivity index (χ2v) is 6.37. The van der Waals surface area contributed by atoms with Gasteiger partial charge in [0.15, 0.2) is 0 Å². The molecule has 0 radical (unpaired) electrons. The van der Waals surface area contributed by atoms with E-state index in [0.29, 0.717) is 6.04 Å². The number of benzene rings is 1. The molecule has 1 aromatic carbocycles. The summed E-state index contributed by atoms with van der Waals surface area (Å²) < 4.78 is 0. The van der Waals surface area contributed by atoms with Crippen LogP contribution in [0.3, 0.4) is 0 Å². The van der Waals surface area contributed by atoms with Crippen LogP contribution in [0.1, 0.15) is 31.0 Å². The van der Waals surface area contributed by atoms with Crippen molar-refractivity contribution in [3.05, 3.63) is 95.5 Å². The molecule has 0 amide bonds. The minimum atomic E-state index is 0.148. The highest BCUT2D eigenvalue weighted by atomic mass is 15.2. The van der Waals surface area contributed by atoms with E-state index in [9.17, 15) is 0 Å². The lowest BCUT2D eigenvalue weighted by molar-refractivity contribution is 0.384. The van der Waals surface area contributed by atoms with Crippen molar-refractivity contribution in [1.29, 1.82) is 0 Å². The molecule has 1 aliphatic carbocycles. The molecule has 3 N–H and O–H groups in total. The molecule has 24 heavy (non-hydrogen) atoms. The molecular formula is C21H23N3. The van der Waals surface area contributed by atoms with Crippen LogP contribution in [0.15, 0.2) is 90.0 Å². The maximum absolute atomic E-state index is 3.80. The van der Waals surface area contributed by atoms with E-state index in [1.165, 1.54) is 22.5 Å². The predicted molar refractivity (Wildman–Crippen MR) is 98.8 cm³/mol. The lowest BCUT2D eigenvalue weighted by Crippen LogP contribution is -2.47. The van der Waals surface area contributed by atoms with Crippen LogP contribution in [-0.2, 0) is 0 Å². The number of hydrogen-bond donors (Lipinski definition) is 3. The molecule has 2 unspecified atom stereocenters. The van der Waals surface area contributed by atoms with Gasteiger partial charge in [-0.2, -0.15) is 0 Å². The van der Waals surface area contributed by atoms with E-state index in [1.54, 1.807) is 0 Å². The lowest BCUT2D eigenvalue weighted by atomic mass is 9.89. The molecule has 3 heteroatoms. The third kappa shape index (κ3) is 3.22. The number of nitrogens with one attached hydrogen (secondary N) is 3. The van der Waals surface area contributed by atoms with Crippen LogP contribution in [0.5, 0.6) is 0 Å². The fourth-order valence-electron chi connectivity index (χ4n) is 3.53. The minimum absolute atomic E-state index is 0.148. The lowest BCUT2D eigenvalue weighted by Gasteiger charge is -2.38. The number of rotatable bonds is 3. The molecule has 0 saturated carbocycles. The SMILES string of the molecule is C1=CC=C(CC2NC(c3ccccc3)NC3=C2CCC=C3)NC=C1. The van der Waals surface area contributed by atoms with Gasteiger partial charge in [-0.05, 0) is 42.2 Å². The van der Waals surface area contributed by atoms with Crippen molar-refractivity contribution in [2.24, 2.45) is 0 Å². The van der Waals surface area contributed by atoms with E-state index >= 15 is 0 Å². The first-order chi connectivity index (χ1) is 11.9. The van der Waals surface area contributed by atoms with E-state index in [4.69, 9.17) is 0 Å². The molecule has 2 heterocycles. The summed E-state index contributed by atoms with van der Waals surface area (Å²) in [6, 6.07) is 10.9. The topological polar surface area (TPSA) is 36.1 Å².